The van der Waals surface area contributed by atoms with Crippen molar-refractivity contribution in [2.45, 2.75) is 18.9 Å². The zero-order chi connectivity index (χ0) is 24.2. The molecule has 2 amide bonds. The maximum absolute atomic E-state index is 13.1. The van der Waals surface area contributed by atoms with Crippen LogP contribution in [-0.2, 0) is 9.53 Å². The first-order valence-electron chi connectivity index (χ1n) is 12.8. The molecule has 3 fully saturated rings. The predicted octanol–water partition coefficient (Wildman–Crippen LogP) is 3.02. The summed E-state index contributed by atoms with van der Waals surface area (Å²) in [6, 6.07) is 18.0. The van der Waals surface area contributed by atoms with Gasteiger partial charge in [-0.05, 0) is 42.4 Å². The minimum absolute atomic E-state index is 0.000798. The Morgan fingerprint density at radius 1 is 1.00 bits per heavy atom. The normalized spacial score (nSPS) is 24.8. The lowest BCUT2D eigenvalue weighted by atomic mass is 10.0. The van der Waals surface area contributed by atoms with Crippen LogP contribution in [0.5, 0.6) is 0 Å². The second-order valence-corrected chi connectivity index (χ2v) is 10.1. The van der Waals surface area contributed by atoms with E-state index in [-0.39, 0.29) is 23.8 Å². The van der Waals surface area contributed by atoms with Crippen molar-refractivity contribution in [2.75, 3.05) is 58.3 Å². The van der Waals surface area contributed by atoms with Crippen molar-refractivity contribution >= 4 is 17.5 Å². The predicted molar refractivity (Wildman–Crippen MR) is 136 cm³/mol. The van der Waals surface area contributed by atoms with Gasteiger partial charge in [-0.25, -0.2) is 0 Å². The SMILES string of the molecule is CNc1ccccc1C(=O)N1CC2CN(CCC(NC(=O)C3CCOC3)c3ccccc3)C[C@H]2C1. The molecule has 186 valence electrons. The molecule has 5 rings (SSSR count). The van der Waals surface area contributed by atoms with Gasteiger partial charge >= 0.3 is 0 Å². The zero-order valence-electron chi connectivity index (χ0n) is 20.5. The molecule has 0 aliphatic carbocycles. The van der Waals surface area contributed by atoms with Crippen molar-refractivity contribution in [1.82, 2.24) is 15.1 Å². The molecule has 3 aliphatic heterocycles. The summed E-state index contributed by atoms with van der Waals surface area (Å²) < 4.78 is 5.42. The molecule has 2 aromatic carbocycles. The van der Waals surface area contributed by atoms with Crippen molar-refractivity contribution in [3.63, 3.8) is 0 Å². The average Bonchev–Trinajstić information content (AvgIpc) is 3.64. The Morgan fingerprint density at radius 2 is 1.71 bits per heavy atom. The molecule has 0 spiro atoms. The molecule has 4 atom stereocenters. The van der Waals surface area contributed by atoms with Gasteiger partial charge in [0.15, 0.2) is 0 Å². The molecule has 3 heterocycles. The maximum Gasteiger partial charge on any atom is 0.255 e. The number of anilines is 1. The molecular weight excluding hydrogens is 440 g/mol. The molecule has 7 nitrogen and oxygen atoms in total. The number of amides is 2. The standard InChI is InChI=1S/C28H36N4O3/c1-29-26-10-6-5-9-24(26)28(34)32-17-22-15-31(16-23(22)18-32)13-11-25(20-7-3-2-4-8-20)30-27(33)21-12-14-35-19-21/h2-10,21-23,25,29H,11-19H2,1H3,(H,30,33)/t21?,22-,23?,25?/m0/s1. The van der Waals surface area contributed by atoms with Gasteiger partial charge in [0, 0.05) is 52.1 Å². The lowest BCUT2D eigenvalue weighted by Crippen LogP contribution is -2.37. The number of ether oxygens (including phenoxy) is 1. The molecule has 0 aromatic heterocycles. The quantitative estimate of drug-likeness (QED) is 0.613. The molecule has 0 saturated carbocycles. The highest BCUT2D eigenvalue weighted by Gasteiger charge is 2.42. The van der Waals surface area contributed by atoms with Crippen LogP contribution in [0.2, 0.25) is 0 Å². The van der Waals surface area contributed by atoms with E-state index in [0.29, 0.717) is 25.0 Å². The lowest BCUT2D eigenvalue weighted by Gasteiger charge is -2.25. The molecule has 3 aliphatic rings. The first kappa shape index (κ1) is 23.8. The molecule has 35 heavy (non-hydrogen) atoms. The van der Waals surface area contributed by atoms with Gasteiger partial charge < -0.3 is 25.2 Å². The summed E-state index contributed by atoms with van der Waals surface area (Å²) in [7, 11) is 1.86. The van der Waals surface area contributed by atoms with Crippen LogP contribution in [0, 0.1) is 17.8 Å². The molecule has 2 N–H and O–H groups in total. The van der Waals surface area contributed by atoms with Crippen LogP contribution in [-0.4, -0.2) is 74.6 Å². The van der Waals surface area contributed by atoms with E-state index in [1.165, 1.54) is 0 Å². The molecule has 0 radical (unpaired) electrons. The fourth-order valence-corrected chi connectivity index (χ4v) is 5.85. The van der Waals surface area contributed by atoms with E-state index < -0.39 is 0 Å². The lowest BCUT2D eigenvalue weighted by molar-refractivity contribution is -0.125. The van der Waals surface area contributed by atoms with Gasteiger partial charge in [0.25, 0.3) is 5.91 Å². The Morgan fingerprint density at radius 3 is 2.40 bits per heavy atom. The summed E-state index contributed by atoms with van der Waals surface area (Å²) in [4.78, 5) is 30.5. The van der Waals surface area contributed by atoms with Crippen LogP contribution in [0.25, 0.3) is 0 Å². The summed E-state index contributed by atoms with van der Waals surface area (Å²) in [6.45, 7) is 5.78. The highest BCUT2D eigenvalue weighted by atomic mass is 16.5. The number of nitrogens with zero attached hydrogens (tertiary/aromatic N) is 2. The highest BCUT2D eigenvalue weighted by Crippen LogP contribution is 2.33. The van der Waals surface area contributed by atoms with Crippen LogP contribution in [0.15, 0.2) is 54.6 Å². The van der Waals surface area contributed by atoms with Gasteiger partial charge in [0.05, 0.1) is 24.1 Å². The number of likely N-dealkylation sites (tertiary alicyclic amines) is 2. The van der Waals surface area contributed by atoms with Crippen LogP contribution in [0.4, 0.5) is 5.69 Å². The van der Waals surface area contributed by atoms with Crippen LogP contribution in [0.3, 0.4) is 0 Å². The van der Waals surface area contributed by atoms with Gasteiger partial charge in [0.2, 0.25) is 5.91 Å². The van der Waals surface area contributed by atoms with E-state index in [2.05, 4.69) is 27.7 Å². The van der Waals surface area contributed by atoms with Crippen molar-refractivity contribution < 1.29 is 14.3 Å². The van der Waals surface area contributed by atoms with E-state index in [1.54, 1.807) is 0 Å². The van der Waals surface area contributed by atoms with E-state index in [1.807, 2.05) is 54.4 Å². The third-order valence-electron chi connectivity index (χ3n) is 7.83. The van der Waals surface area contributed by atoms with Crippen molar-refractivity contribution in [1.29, 1.82) is 0 Å². The van der Waals surface area contributed by atoms with E-state index in [4.69, 9.17) is 4.74 Å². The summed E-state index contributed by atoms with van der Waals surface area (Å²) in [5.41, 5.74) is 2.79. The number of fused-ring (bicyclic) bond motifs is 1. The number of para-hydroxylation sites is 1. The Balaban J connectivity index is 1.16. The van der Waals surface area contributed by atoms with Crippen LogP contribution >= 0.6 is 0 Å². The fourth-order valence-electron chi connectivity index (χ4n) is 5.85. The second kappa shape index (κ2) is 10.8. The summed E-state index contributed by atoms with van der Waals surface area (Å²) in [5, 5.41) is 6.43. The van der Waals surface area contributed by atoms with Crippen molar-refractivity contribution in [3.8, 4) is 0 Å². The second-order valence-electron chi connectivity index (χ2n) is 10.1. The molecule has 2 aromatic rings. The minimum Gasteiger partial charge on any atom is -0.387 e. The van der Waals surface area contributed by atoms with Gasteiger partial charge in [-0.15, -0.1) is 0 Å². The van der Waals surface area contributed by atoms with Crippen molar-refractivity contribution in [3.05, 3.63) is 65.7 Å². The van der Waals surface area contributed by atoms with E-state index in [9.17, 15) is 9.59 Å². The van der Waals surface area contributed by atoms with Gasteiger partial charge in [-0.2, -0.15) is 0 Å². The average molecular weight is 477 g/mol. The maximum atomic E-state index is 13.1. The fraction of sp³-hybridized carbons (Fsp3) is 0.500. The summed E-state index contributed by atoms with van der Waals surface area (Å²) in [6.07, 6.45) is 1.68. The monoisotopic (exact) mass is 476 g/mol. The first-order chi connectivity index (χ1) is 17.1. The Hall–Kier alpha value is -2.90. The number of benzene rings is 2. The van der Waals surface area contributed by atoms with E-state index in [0.717, 1.165) is 62.4 Å². The molecule has 3 unspecified atom stereocenters. The number of nitrogens with one attached hydrogen (secondary N) is 2. The molecule has 7 heteroatoms. The Kier molecular flexibility index (Phi) is 7.35. The van der Waals surface area contributed by atoms with E-state index >= 15 is 0 Å². The number of hydrogen-bond donors (Lipinski definition) is 2. The molecule has 0 bridgehead atoms. The number of rotatable bonds is 8. The third-order valence-corrected chi connectivity index (χ3v) is 7.83. The number of carbonyl (C=O) groups is 2. The minimum atomic E-state index is -0.0380. The van der Waals surface area contributed by atoms with Gasteiger partial charge in [-0.3, -0.25) is 9.59 Å². The highest BCUT2D eigenvalue weighted by molar-refractivity contribution is 5.99. The smallest absolute Gasteiger partial charge is 0.255 e. The summed E-state index contributed by atoms with van der Waals surface area (Å²) >= 11 is 0. The number of carbonyl (C=O) groups excluding carboxylic acids is 2. The van der Waals surface area contributed by atoms with Gasteiger partial charge in [0.1, 0.15) is 0 Å². The molecule has 3 saturated heterocycles. The largest absolute Gasteiger partial charge is 0.387 e. The molecular formula is C28H36N4O3. The topological polar surface area (TPSA) is 73.9 Å². The van der Waals surface area contributed by atoms with Crippen molar-refractivity contribution in [2.24, 2.45) is 17.8 Å². The Bertz CT molecular complexity index is 1010. The zero-order valence-corrected chi connectivity index (χ0v) is 20.5. The van der Waals surface area contributed by atoms with Gasteiger partial charge in [-0.1, -0.05) is 42.5 Å². The summed E-state index contributed by atoms with van der Waals surface area (Å²) in [5.74, 6) is 1.22. The first-order valence-corrected chi connectivity index (χ1v) is 12.8. The third kappa shape index (κ3) is 5.36. The van der Waals surface area contributed by atoms with Crippen LogP contribution in [0.1, 0.15) is 34.8 Å². The Labute approximate surface area is 207 Å². The van der Waals surface area contributed by atoms with Crippen LogP contribution < -0.4 is 10.6 Å². The number of hydrogen-bond acceptors (Lipinski definition) is 5.